The molecule has 4 aromatic rings. The maximum Gasteiger partial charge on any atom is 0.260 e. The van der Waals surface area contributed by atoms with E-state index in [1.807, 2.05) is 12.1 Å². The van der Waals surface area contributed by atoms with Crippen molar-refractivity contribution in [3.8, 4) is 6.07 Å². The van der Waals surface area contributed by atoms with E-state index >= 15 is 0 Å². The number of fused-ring (bicyclic) bond motifs is 1. The highest BCUT2D eigenvalue weighted by molar-refractivity contribution is 7.22. The summed E-state index contributed by atoms with van der Waals surface area (Å²) >= 11 is 1.50. The lowest BCUT2D eigenvalue weighted by Crippen LogP contribution is -2.30. The van der Waals surface area contributed by atoms with Crippen LogP contribution in [0.1, 0.15) is 32.6 Å². The maximum atomic E-state index is 13.3. The predicted molar refractivity (Wildman–Crippen MR) is 115 cm³/mol. The third kappa shape index (κ3) is 3.86. The molecule has 0 spiro atoms. The number of carbonyl (C=O) groups excluding carboxylic acids is 1. The molecule has 142 valence electrons. The first-order chi connectivity index (χ1) is 14.0. The van der Waals surface area contributed by atoms with Gasteiger partial charge < -0.3 is 0 Å². The van der Waals surface area contributed by atoms with Crippen molar-refractivity contribution >= 4 is 32.6 Å². The minimum Gasteiger partial charge on any atom is -0.279 e. The lowest BCUT2D eigenvalue weighted by molar-refractivity contribution is 0.0985. The monoisotopic (exact) mass is 398 g/mol. The van der Waals surface area contributed by atoms with E-state index in [0.717, 1.165) is 15.8 Å². The van der Waals surface area contributed by atoms with Gasteiger partial charge in [0.05, 0.1) is 28.4 Å². The van der Waals surface area contributed by atoms with Gasteiger partial charge in [0, 0.05) is 18.0 Å². The third-order valence-corrected chi connectivity index (χ3v) is 5.83. The van der Waals surface area contributed by atoms with Gasteiger partial charge >= 0.3 is 0 Å². The quantitative estimate of drug-likeness (QED) is 0.484. The normalized spacial score (nSPS) is 10.7. The van der Waals surface area contributed by atoms with Crippen LogP contribution >= 0.6 is 11.3 Å². The number of nitrogens with zero attached hydrogens (tertiary/aromatic N) is 4. The van der Waals surface area contributed by atoms with Crippen molar-refractivity contribution in [2.45, 2.75) is 20.4 Å². The summed E-state index contributed by atoms with van der Waals surface area (Å²) < 4.78 is 1.05. The van der Waals surface area contributed by atoms with Gasteiger partial charge in [-0.2, -0.15) is 5.26 Å². The Morgan fingerprint density at radius 3 is 2.59 bits per heavy atom. The number of hydrogen-bond donors (Lipinski definition) is 0. The SMILES string of the molecule is Cc1cc2nc(N(Cc3cccnc3)C(=O)c3ccc(C#N)cc3)sc2cc1C. The molecule has 0 radical (unpaired) electrons. The fraction of sp³-hybridized carbons (Fsp3) is 0.130. The van der Waals surface area contributed by atoms with Gasteiger partial charge in [0.2, 0.25) is 0 Å². The second-order valence-electron chi connectivity index (χ2n) is 6.84. The van der Waals surface area contributed by atoms with Crippen LogP contribution in [-0.2, 0) is 6.54 Å². The fourth-order valence-electron chi connectivity index (χ4n) is 3.03. The summed E-state index contributed by atoms with van der Waals surface area (Å²) in [6.07, 6.45) is 3.46. The molecule has 2 heterocycles. The second-order valence-corrected chi connectivity index (χ2v) is 7.85. The van der Waals surface area contributed by atoms with Gasteiger partial charge in [0.25, 0.3) is 5.91 Å². The molecule has 0 saturated heterocycles. The van der Waals surface area contributed by atoms with Crippen LogP contribution in [0.15, 0.2) is 60.9 Å². The summed E-state index contributed by atoms with van der Waals surface area (Å²) in [5, 5.41) is 9.66. The Balaban J connectivity index is 1.77. The zero-order valence-corrected chi connectivity index (χ0v) is 16.9. The Morgan fingerprint density at radius 1 is 1.14 bits per heavy atom. The van der Waals surface area contributed by atoms with Crippen LogP contribution in [0.2, 0.25) is 0 Å². The number of thiazole rings is 1. The van der Waals surface area contributed by atoms with E-state index in [1.165, 1.54) is 22.5 Å². The summed E-state index contributed by atoms with van der Waals surface area (Å²) in [5.74, 6) is -0.161. The predicted octanol–water partition coefficient (Wildman–Crippen LogP) is 5.03. The molecule has 0 saturated carbocycles. The first kappa shape index (κ1) is 18.8. The molecule has 2 aromatic carbocycles. The molecular weight excluding hydrogens is 380 g/mol. The van der Waals surface area contributed by atoms with Gasteiger partial charge in [-0.15, -0.1) is 0 Å². The number of anilines is 1. The lowest BCUT2D eigenvalue weighted by atomic mass is 10.1. The van der Waals surface area contributed by atoms with E-state index in [-0.39, 0.29) is 5.91 Å². The minimum absolute atomic E-state index is 0.161. The van der Waals surface area contributed by atoms with Crippen LogP contribution in [0, 0.1) is 25.2 Å². The number of aryl methyl sites for hydroxylation is 2. The largest absolute Gasteiger partial charge is 0.279 e. The fourth-order valence-corrected chi connectivity index (χ4v) is 4.07. The van der Waals surface area contributed by atoms with E-state index in [2.05, 4.69) is 37.0 Å². The van der Waals surface area contributed by atoms with Crippen molar-refractivity contribution in [3.63, 3.8) is 0 Å². The molecule has 0 atom stereocenters. The number of pyridine rings is 1. The van der Waals surface area contributed by atoms with Crippen molar-refractivity contribution in [1.82, 2.24) is 9.97 Å². The molecule has 2 aromatic heterocycles. The topological polar surface area (TPSA) is 69.9 Å². The molecule has 0 bridgehead atoms. The van der Waals surface area contributed by atoms with Crippen LogP contribution in [0.3, 0.4) is 0 Å². The molecular formula is C23H18N4OS. The van der Waals surface area contributed by atoms with Gasteiger partial charge in [-0.1, -0.05) is 17.4 Å². The summed E-state index contributed by atoms with van der Waals surface area (Å²) in [6.45, 7) is 4.50. The molecule has 1 amide bonds. The first-order valence-corrected chi connectivity index (χ1v) is 9.95. The number of amides is 1. The number of aromatic nitrogens is 2. The van der Waals surface area contributed by atoms with Gasteiger partial charge in [-0.05, 0) is 73.0 Å². The van der Waals surface area contributed by atoms with Crippen molar-refractivity contribution in [2.75, 3.05) is 4.90 Å². The maximum absolute atomic E-state index is 13.3. The summed E-state index contributed by atoms with van der Waals surface area (Å²) in [4.78, 5) is 23.9. The van der Waals surface area contributed by atoms with Crippen LogP contribution in [-0.4, -0.2) is 15.9 Å². The Hall–Kier alpha value is -3.56. The Bertz CT molecular complexity index is 1180. The molecule has 0 aliphatic carbocycles. The summed E-state index contributed by atoms with van der Waals surface area (Å²) in [7, 11) is 0. The van der Waals surface area contributed by atoms with Crippen molar-refractivity contribution in [3.05, 3.63) is 88.7 Å². The number of nitriles is 1. The molecule has 0 aliphatic rings. The Labute approximate surface area is 172 Å². The van der Waals surface area contributed by atoms with Crippen LogP contribution in [0.4, 0.5) is 5.13 Å². The van der Waals surface area contributed by atoms with E-state index < -0.39 is 0 Å². The molecule has 4 rings (SSSR count). The van der Waals surface area contributed by atoms with Crippen molar-refractivity contribution < 1.29 is 4.79 Å². The van der Waals surface area contributed by atoms with Crippen LogP contribution < -0.4 is 4.90 Å². The smallest absolute Gasteiger partial charge is 0.260 e. The minimum atomic E-state index is -0.161. The Kier molecular flexibility index (Phi) is 5.07. The highest BCUT2D eigenvalue weighted by atomic mass is 32.1. The number of benzene rings is 2. The van der Waals surface area contributed by atoms with Crippen LogP contribution in [0.25, 0.3) is 10.2 Å². The molecule has 6 heteroatoms. The van der Waals surface area contributed by atoms with E-state index in [9.17, 15) is 4.79 Å². The van der Waals surface area contributed by atoms with Crippen molar-refractivity contribution in [2.24, 2.45) is 0 Å². The van der Waals surface area contributed by atoms with E-state index in [4.69, 9.17) is 10.2 Å². The third-order valence-electron chi connectivity index (χ3n) is 4.79. The highest BCUT2D eigenvalue weighted by Crippen LogP contribution is 2.32. The van der Waals surface area contributed by atoms with Crippen LogP contribution in [0.5, 0.6) is 0 Å². The number of hydrogen-bond acceptors (Lipinski definition) is 5. The molecule has 29 heavy (non-hydrogen) atoms. The molecule has 0 unspecified atom stereocenters. The van der Waals surface area contributed by atoms with Gasteiger partial charge in [0.1, 0.15) is 0 Å². The molecule has 0 N–H and O–H groups in total. The van der Waals surface area contributed by atoms with Gasteiger partial charge in [0.15, 0.2) is 5.13 Å². The summed E-state index contributed by atoms with van der Waals surface area (Å²) in [5.41, 5.74) is 5.21. The van der Waals surface area contributed by atoms with Gasteiger partial charge in [-0.3, -0.25) is 14.7 Å². The zero-order chi connectivity index (χ0) is 20.4. The second kappa shape index (κ2) is 7.82. The van der Waals surface area contributed by atoms with Gasteiger partial charge in [-0.25, -0.2) is 4.98 Å². The number of carbonyl (C=O) groups is 1. The lowest BCUT2D eigenvalue weighted by Gasteiger charge is -2.20. The average Bonchev–Trinajstić information content (AvgIpc) is 3.15. The summed E-state index contributed by atoms with van der Waals surface area (Å²) in [6, 6.07) is 16.7. The molecule has 0 aliphatic heterocycles. The molecule has 0 fully saturated rings. The first-order valence-electron chi connectivity index (χ1n) is 9.14. The van der Waals surface area contributed by atoms with E-state index in [0.29, 0.717) is 22.8 Å². The standard InChI is InChI=1S/C23H18N4OS/c1-15-10-20-21(11-16(15)2)29-23(26-20)27(14-18-4-3-9-25-13-18)22(28)19-7-5-17(12-24)6-8-19/h3-11,13H,14H2,1-2H3. The average molecular weight is 398 g/mol. The zero-order valence-electron chi connectivity index (χ0n) is 16.1. The number of rotatable bonds is 4. The van der Waals surface area contributed by atoms with E-state index in [1.54, 1.807) is 41.6 Å². The highest BCUT2D eigenvalue weighted by Gasteiger charge is 2.22. The Morgan fingerprint density at radius 2 is 1.90 bits per heavy atom. The molecule has 5 nitrogen and oxygen atoms in total. The van der Waals surface area contributed by atoms with Crippen molar-refractivity contribution in [1.29, 1.82) is 5.26 Å².